The molecule has 1 heterocycles. The van der Waals surface area contributed by atoms with E-state index in [0.717, 1.165) is 22.4 Å². The molecule has 0 saturated heterocycles. The standard InChI is InChI=1S/C32H26N4O4S/c37-30(35-32-34-28(21-41-32)23-10-4-1-5-11-23)27(20-22-16-18-26(19-17-22)36(39)40)33-31(38)29(24-12-6-2-7-13-24)25-14-8-3-9-15-25/h1-19,21,27,29H,20H2,(H,33,38)(H,34,35,37)/t27-/m0/s1. The minimum absolute atomic E-state index is 0.0526. The number of carbonyl (C=O) groups is 2. The SMILES string of the molecule is O=C(N[C@@H](Cc1ccc([N+](=O)[O-])cc1)C(=O)Nc1nc(-c2ccccc2)cs1)C(c1ccccc1)c1ccccc1. The van der Waals surface area contributed by atoms with E-state index in [4.69, 9.17) is 0 Å². The van der Waals surface area contributed by atoms with Gasteiger partial charge in [0.25, 0.3) is 5.69 Å². The van der Waals surface area contributed by atoms with Crippen LogP contribution < -0.4 is 10.6 Å². The Kier molecular flexibility index (Phi) is 8.56. The van der Waals surface area contributed by atoms with Crippen molar-refractivity contribution in [3.63, 3.8) is 0 Å². The van der Waals surface area contributed by atoms with Crippen molar-refractivity contribution in [3.8, 4) is 11.3 Å². The van der Waals surface area contributed by atoms with Crippen molar-refractivity contribution in [1.82, 2.24) is 10.3 Å². The van der Waals surface area contributed by atoms with E-state index in [0.29, 0.717) is 10.7 Å². The first-order chi connectivity index (χ1) is 20.0. The zero-order chi connectivity index (χ0) is 28.6. The van der Waals surface area contributed by atoms with Crippen molar-refractivity contribution in [2.24, 2.45) is 0 Å². The number of rotatable bonds is 10. The molecule has 5 aromatic rings. The molecule has 0 radical (unpaired) electrons. The molecule has 0 fully saturated rings. The second-order valence-corrected chi connectivity index (χ2v) is 10.2. The zero-order valence-corrected chi connectivity index (χ0v) is 22.7. The fourth-order valence-electron chi connectivity index (χ4n) is 4.51. The van der Waals surface area contributed by atoms with Crippen LogP contribution >= 0.6 is 11.3 Å². The summed E-state index contributed by atoms with van der Waals surface area (Å²) in [5, 5.41) is 19.2. The number of benzene rings is 4. The van der Waals surface area contributed by atoms with Crippen molar-refractivity contribution in [2.45, 2.75) is 18.4 Å². The smallest absolute Gasteiger partial charge is 0.269 e. The van der Waals surface area contributed by atoms with Crippen LogP contribution in [0.25, 0.3) is 11.3 Å². The minimum atomic E-state index is -0.969. The molecule has 5 rings (SSSR count). The van der Waals surface area contributed by atoms with Crippen LogP contribution in [0, 0.1) is 10.1 Å². The fraction of sp³-hybridized carbons (Fsp3) is 0.0938. The van der Waals surface area contributed by atoms with Crippen molar-refractivity contribution >= 4 is 34.0 Å². The maximum Gasteiger partial charge on any atom is 0.269 e. The van der Waals surface area contributed by atoms with Gasteiger partial charge in [-0.15, -0.1) is 11.3 Å². The highest BCUT2D eigenvalue weighted by Crippen LogP contribution is 2.27. The van der Waals surface area contributed by atoms with Gasteiger partial charge < -0.3 is 10.6 Å². The average Bonchev–Trinajstić information content (AvgIpc) is 3.47. The number of anilines is 1. The highest BCUT2D eigenvalue weighted by atomic mass is 32.1. The van der Waals surface area contributed by atoms with E-state index in [1.807, 2.05) is 96.4 Å². The third kappa shape index (κ3) is 6.90. The summed E-state index contributed by atoms with van der Waals surface area (Å²) in [4.78, 5) is 42.6. The summed E-state index contributed by atoms with van der Waals surface area (Å²) in [6, 6.07) is 33.3. The lowest BCUT2D eigenvalue weighted by Gasteiger charge is -2.23. The van der Waals surface area contributed by atoms with E-state index in [1.165, 1.54) is 23.5 Å². The number of aromatic nitrogens is 1. The molecule has 0 aliphatic carbocycles. The Hall–Kier alpha value is -5.15. The van der Waals surface area contributed by atoms with Crippen molar-refractivity contribution < 1.29 is 14.5 Å². The van der Waals surface area contributed by atoms with Gasteiger partial charge in [-0.2, -0.15) is 0 Å². The molecule has 4 aromatic carbocycles. The maximum atomic E-state index is 13.8. The first kappa shape index (κ1) is 27.4. The second-order valence-electron chi connectivity index (χ2n) is 9.34. The molecule has 41 heavy (non-hydrogen) atoms. The van der Waals surface area contributed by atoms with Gasteiger partial charge in [-0.3, -0.25) is 19.7 Å². The summed E-state index contributed by atoms with van der Waals surface area (Å²) < 4.78 is 0. The maximum absolute atomic E-state index is 13.8. The summed E-state index contributed by atoms with van der Waals surface area (Å²) in [7, 11) is 0. The number of nitrogens with zero attached hydrogens (tertiary/aromatic N) is 2. The van der Waals surface area contributed by atoms with E-state index in [1.54, 1.807) is 12.1 Å². The van der Waals surface area contributed by atoms with Crippen LogP contribution in [-0.2, 0) is 16.0 Å². The lowest BCUT2D eigenvalue weighted by atomic mass is 9.90. The quantitative estimate of drug-likeness (QED) is 0.155. The number of carbonyl (C=O) groups excluding carboxylic acids is 2. The van der Waals surface area contributed by atoms with Gasteiger partial charge in [-0.25, -0.2) is 4.98 Å². The lowest BCUT2D eigenvalue weighted by Crippen LogP contribution is -2.47. The predicted molar refractivity (Wildman–Crippen MR) is 160 cm³/mol. The number of nitro groups is 1. The van der Waals surface area contributed by atoms with Gasteiger partial charge >= 0.3 is 0 Å². The van der Waals surface area contributed by atoms with E-state index < -0.39 is 22.8 Å². The van der Waals surface area contributed by atoms with Crippen LogP contribution in [-0.4, -0.2) is 27.8 Å². The number of hydrogen-bond donors (Lipinski definition) is 2. The number of thiazole rings is 1. The molecule has 0 aliphatic heterocycles. The largest absolute Gasteiger partial charge is 0.343 e. The van der Waals surface area contributed by atoms with E-state index in [-0.39, 0.29) is 18.0 Å². The summed E-state index contributed by atoms with van der Waals surface area (Å²) in [5.74, 6) is -1.42. The molecule has 8 nitrogen and oxygen atoms in total. The molecule has 9 heteroatoms. The normalized spacial score (nSPS) is 11.5. The summed E-state index contributed by atoms with van der Waals surface area (Å²) in [6.45, 7) is 0. The monoisotopic (exact) mass is 562 g/mol. The van der Waals surface area contributed by atoms with Gasteiger partial charge in [0.15, 0.2) is 5.13 Å². The lowest BCUT2D eigenvalue weighted by molar-refractivity contribution is -0.384. The minimum Gasteiger partial charge on any atom is -0.343 e. The predicted octanol–water partition coefficient (Wildman–Crippen LogP) is 6.22. The molecule has 204 valence electrons. The number of nitrogens with one attached hydrogen (secondary N) is 2. The summed E-state index contributed by atoms with van der Waals surface area (Å²) >= 11 is 1.29. The number of amides is 2. The van der Waals surface area contributed by atoms with Gasteiger partial charge in [0.05, 0.1) is 16.5 Å². The molecule has 0 spiro atoms. The third-order valence-electron chi connectivity index (χ3n) is 6.55. The molecule has 0 unspecified atom stereocenters. The van der Waals surface area contributed by atoms with E-state index in [2.05, 4.69) is 15.6 Å². The van der Waals surface area contributed by atoms with Crippen LogP contribution in [0.4, 0.5) is 10.8 Å². The molecular weight excluding hydrogens is 536 g/mol. The van der Waals surface area contributed by atoms with Gasteiger partial charge in [0.1, 0.15) is 6.04 Å². The van der Waals surface area contributed by atoms with Crippen LogP contribution in [0.3, 0.4) is 0 Å². The molecule has 0 bridgehead atoms. The van der Waals surface area contributed by atoms with E-state index in [9.17, 15) is 19.7 Å². The first-order valence-electron chi connectivity index (χ1n) is 12.9. The Labute approximate surface area is 240 Å². The molecule has 0 aliphatic rings. The summed E-state index contributed by atoms with van der Waals surface area (Å²) in [5.41, 5.74) is 3.85. The van der Waals surface area contributed by atoms with Gasteiger partial charge in [0.2, 0.25) is 11.8 Å². The van der Waals surface area contributed by atoms with Crippen molar-refractivity contribution in [3.05, 3.63) is 147 Å². The van der Waals surface area contributed by atoms with Crippen molar-refractivity contribution in [1.29, 1.82) is 0 Å². The second kappa shape index (κ2) is 12.8. The Bertz CT molecular complexity index is 1590. The Morgan fingerprint density at radius 2 is 1.34 bits per heavy atom. The summed E-state index contributed by atoms with van der Waals surface area (Å²) in [6.07, 6.45) is 0.128. The Morgan fingerprint density at radius 1 is 0.780 bits per heavy atom. The first-order valence-corrected chi connectivity index (χ1v) is 13.8. The van der Waals surface area contributed by atoms with Crippen LogP contribution in [0.2, 0.25) is 0 Å². The van der Waals surface area contributed by atoms with Gasteiger partial charge in [-0.1, -0.05) is 103 Å². The number of hydrogen-bond acceptors (Lipinski definition) is 6. The van der Waals surface area contributed by atoms with Gasteiger partial charge in [-0.05, 0) is 16.7 Å². The fourth-order valence-corrected chi connectivity index (χ4v) is 5.23. The molecule has 2 N–H and O–H groups in total. The highest BCUT2D eigenvalue weighted by Gasteiger charge is 2.29. The highest BCUT2D eigenvalue weighted by molar-refractivity contribution is 7.14. The Morgan fingerprint density at radius 3 is 1.90 bits per heavy atom. The number of non-ortho nitro benzene ring substituents is 1. The molecule has 1 aromatic heterocycles. The van der Waals surface area contributed by atoms with E-state index >= 15 is 0 Å². The zero-order valence-electron chi connectivity index (χ0n) is 21.8. The van der Waals surface area contributed by atoms with Crippen LogP contribution in [0.1, 0.15) is 22.6 Å². The Balaban J connectivity index is 1.41. The van der Waals surface area contributed by atoms with Crippen LogP contribution in [0.5, 0.6) is 0 Å². The molecule has 1 atom stereocenters. The molecular formula is C32H26N4O4S. The van der Waals surface area contributed by atoms with Gasteiger partial charge in [0, 0.05) is 29.5 Å². The molecule has 2 amide bonds. The topological polar surface area (TPSA) is 114 Å². The van der Waals surface area contributed by atoms with Crippen molar-refractivity contribution in [2.75, 3.05) is 5.32 Å². The number of nitro benzene ring substituents is 1. The molecule has 0 saturated carbocycles. The van der Waals surface area contributed by atoms with Crippen LogP contribution in [0.15, 0.2) is 121 Å². The third-order valence-corrected chi connectivity index (χ3v) is 7.31. The average molecular weight is 563 g/mol.